The molecule has 102 valence electrons. The van der Waals surface area contributed by atoms with Crippen LogP contribution >= 0.6 is 11.6 Å². The van der Waals surface area contributed by atoms with Crippen LogP contribution in [0.4, 0.5) is 5.69 Å². The summed E-state index contributed by atoms with van der Waals surface area (Å²) in [5.74, 6) is -0.892. The summed E-state index contributed by atoms with van der Waals surface area (Å²) in [4.78, 5) is 23.3. The quantitative estimate of drug-likeness (QED) is 0.911. The normalized spacial score (nSPS) is 10.1. The molecule has 2 aromatic rings. The summed E-state index contributed by atoms with van der Waals surface area (Å²) in [6.45, 7) is 1.82. The summed E-state index contributed by atoms with van der Waals surface area (Å²) in [6, 6.07) is 11.5. The van der Waals surface area contributed by atoms with E-state index in [0.29, 0.717) is 21.8 Å². The Morgan fingerprint density at radius 1 is 1.10 bits per heavy atom. The monoisotopic (exact) mass is 288 g/mol. The fourth-order valence-electron chi connectivity index (χ4n) is 1.75. The Morgan fingerprint density at radius 3 is 2.45 bits per heavy atom. The third kappa shape index (κ3) is 2.97. The number of carbonyl (C=O) groups is 2. The minimum absolute atomic E-state index is 0.292. The molecule has 0 saturated heterocycles. The van der Waals surface area contributed by atoms with E-state index in [9.17, 15) is 9.59 Å². The van der Waals surface area contributed by atoms with Gasteiger partial charge in [-0.1, -0.05) is 23.7 Å². The maximum Gasteiger partial charge on any atom is 0.255 e. The Balaban J connectivity index is 2.26. The highest BCUT2D eigenvalue weighted by Crippen LogP contribution is 2.23. The molecular formula is C15H13ClN2O2. The van der Waals surface area contributed by atoms with Gasteiger partial charge >= 0.3 is 0 Å². The van der Waals surface area contributed by atoms with Crippen molar-refractivity contribution in [3.05, 3.63) is 64.2 Å². The largest absolute Gasteiger partial charge is 0.366 e. The van der Waals surface area contributed by atoms with E-state index >= 15 is 0 Å². The molecule has 4 nitrogen and oxygen atoms in total. The molecule has 0 atom stereocenters. The van der Waals surface area contributed by atoms with E-state index in [0.717, 1.165) is 5.56 Å². The fourth-order valence-corrected chi connectivity index (χ4v) is 1.93. The van der Waals surface area contributed by atoms with Crippen LogP contribution in [0.1, 0.15) is 26.3 Å². The van der Waals surface area contributed by atoms with Crippen LogP contribution in [0.15, 0.2) is 42.5 Å². The lowest BCUT2D eigenvalue weighted by Crippen LogP contribution is -2.15. The fraction of sp³-hybridized carbons (Fsp3) is 0.0667. The number of halogens is 1. The van der Waals surface area contributed by atoms with Crippen molar-refractivity contribution in [3.63, 3.8) is 0 Å². The lowest BCUT2D eigenvalue weighted by atomic mass is 10.1. The maximum atomic E-state index is 12.1. The second kappa shape index (κ2) is 5.75. The van der Waals surface area contributed by atoms with E-state index in [4.69, 9.17) is 17.3 Å². The zero-order chi connectivity index (χ0) is 14.7. The zero-order valence-electron chi connectivity index (χ0n) is 10.8. The minimum Gasteiger partial charge on any atom is -0.366 e. The Kier molecular flexibility index (Phi) is 4.05. The summed E-state index contributed by atoms with van der Waals surface area (Å²) in [6.07, 6.45) is 0. The number of carbonyl (C=O) groups excluding carboxylic acids is 2. The molecule has 0 aromatic heterocycles. The van der Waals surface area contributed by atoms with E-state index < -0.39 is 5.91 Å². The van der Waals surface area contributed by atoms with Gasteiger partial charge in [0.1, 0.15) is 0 Å². The Morgan fingerprint density at radius 2 is 1.75 bits per heavy atom. The van der Waals surface area contributed by atoms with Crippen LogP contribution in [0, 0.1) is 6.92 Å². The van der Waals surface area contributed by atoms with E-state index in [1.165, 1.54) is 6.07 Å². The number of primary amides is 1. The SMILES string of the molecule is Cc1c(Cl)cccc1NC(=O)c1cccc(C(N)=O)c1. The van der Waals surface area contributed by atoms with Crippen LogP contribution in [-0.4, -0.2) is 11.8 Å². The molecule has 0 bridgehead atoms. The van der Waals surface area contributed by atoms with Crippen LogP contribution in [0.25, 0.3) is 0 Å². The number of benzene rings is 2. The summed E-state index contributed by atoms with van der Waals surface area (Å²) in [7, 11) is 0. The molecule has 0 heterocycles. The van der Waals surface area contributed by atoms with Crippen LogP contribution in [-0.2, 0) is 0 Å². The van der Waals surface area contributed by atoms with Crippen LogP contribution in [0.2, 0.25) is 5.02 Å². The highest BCUT2D eigenvalue weighted by atomic mass is 35.5. The lowest BCUT2D eigenvalue weighted by molar-refractivity contribution is 0.1000. The number of amides is 2. The average Bonchev–Trinajstić information content (AvgIpc) is 2.44. The van der Waals surface area contributed by atoms with Crippen molar-refractivity contribution < 1.29 is 9.59 Å². The first kappa shape index (κ1) is 14.1. The Hall–Kier alpha value is -2.33. The molecule has 2 rings (SSSR count). The topological polar surface area (TPSA) is 72.2 Å². The van der Waals surface area contributed by atoms with Gasteiger partial charge in [-0.05, 0) is 42.8 Å². The van der Waals surface area contributed by atoms with Crippen molar-refractivity contribution in [2.24, 2.45) is 5.73 Å². The Bertz CT molecular complexity index is 683. The van der Waals surface area contributed by atoms with Gasteiger partial charge in [0.25, 0.3) is 5.91 Å². The first-order valence-electron chi connectivity index (χ1n) is 5.95. The number of rotatable bonds is 3. The number of nitrogens with two attached hydrogens (primary N) is 1. The molecule has 2 amide bonds. The highest BCUT2D eigenvalue weighted by Gasteiger charge is 2.10. The van der Waals surface area contributed by atoms with Gasteiger partial charge in [0.15, 0.2) is 0 Å². The van der Waals surface area contributed by atoms with E-state index in [2.05, 4.69) is 5.32 Å². The molecule has 2 aromatic carbocycles. The van der Waals surface area contributed by atoms with Crippen molar-refractivity contribution in [2.75, 3.05) is 5.32 Å². The lowest BCUT2D eigenvalue weighted by Gasteiger charge is -2.09. The number of hydrogen-bond donors (Lipinski definition) is 2. The zero-order valence-corrected chi connectivity index (χ0v) is 11.6. The minimum atomic E-state index is -0.571. The predicted molar refractivity (Wildman–Crippen MR) is 79.1 cm³/mol. The van der Waals surface area contributed by atoms with Gasteiger partial charge in [0.05, 0.1) is 0 Å². The smallest absolute Gasteiger partial charge is 0.255 e. The van der Waals surface area contributed by atoms with E-state index in [1.807, 2.05) is 6.92 Å². The van der Waals surface area contributed by atoms with Crippen molar-refractivity contribution in [1.82, 2.24) is 0 Å². The van der Waals surface area contributed by atoms with Crippen molar-refractivity contribution in [3.8, 4) is 0 Å². The molecule has 0 unspecified atom stereocenters. The van der Waals surface area contributed by atoms with Gasteiger partial charge < -0.3 is 11.1 Å². The second-order valence-electron chi connectivity index (χ2n) is 4.31. The predicted octanol–water partition coefficient (Wildman–Crippen LogP) is 3.00. The third-order valence-electron chi connectivity index (χ3n) is 2.93. The van der Waals surface area contributed by atoms with Crippen molar-refractivity contribution in [2.45, 2.75) is 6.92 Å². The molecule has 0 fully saturated rings. The molecule has 3 N–H and O–H groups in total. The summed E-state index contributed by atoms with van der Waals surface area (Å²) in [5.41, 5.74) is 7.26. The van der Waals surface area contributed by atoms with Gasteiger partial charge in [0, 0.05) is 21.8 Å². The standard InChI is InChI=1S/C15H13ClN2O2/c1-9-12(16)6-3-7-13(9)18-15(20)11-5-2-4-10(8-11)14(17)19/h2-8H,1H3,(H2,17,19)(H,18,20). The van der Waals surface area contributed by atoms with Crippen molar-refractivity contribution in [1.29, 1.82) is 0 Å². The second-order valence-corrected chi connectivity index (χ2v) is 4.72. The molecule has 5 heteroatoms. The number of hydrogen-bond acceptors (Lipinski definition) is 2. The number of nitrogens with one attached hydrogen (secondary N) is 1. The third-order valence-corrected chi connectivity index (χ3v) is 3.33. The van der Waals surface area contributed by atoms with Gasteiger partial charge in [-0.25, -0.2) is 0 Å². The van der Waals surface area contributed by atoms with Gasteiger partial charge in [0.2, 0.25) is 5.91 Å². The van der Waals surface area contributed by atoms with Gasteiger partial charge in [-0.15, -0.1) is 0 Å². The molecule has 0 radical (unpaired) electrons. The highest BCUT2D eigenvalue weighted by molar-refractivity contribution is 6.31. The van der Waals surface area contributed by atoms with Crippen LogP contribution in [0.5, 0.6) is 0 Å². The summed E-state index contributed by atoms with van der Waals surface area (Å²) in [5, 5.41) is 3.34. The van der Waals surface area contributed by atoms with Gasteiger partial charge in [-0.3, -0.25) is 9.59 Å². The summed E-state index contributed by atoms with van der Waals surface area (Å²) >= 11 is 6.00. The Labute approximate surface area is 121 Å². The number of anilines is 1. The maximum absolute atomic E-state index is 12.1. The molecule has 0 saturated carbocycles. The van der Waals surface area contributed by atoms with Gasteiger partial charge in [-0.2, -0.15) is 0 Å². The first-order chi connectivity index (χ1) is 9.49. The molecular weight excluding hydrogens is 276 g/mol. The average molecular weight is 289 g/mol. The first-order valence-corrected chi connectivity index (χ1v) is 6.33. The van der Waals surface area contributed by atoms with Crippen LogP contribution in [0.3, 0.4) is 0 Å². The molecule has 0 aliphatic carbocycles. The molecule has 0 spiro atoms. The van der Waals surface area contributed by atoms with E-state index in [-0.39, 0.29) is 5.91 Å². The van der Waals surface area contributed by atoms with E-state index in [1.54, 1.807) is 36.4 Å². The molecule has 0 aliphatic rings. The van der Waals surface area contributed by atoms with Crippen LogP contribution < -0.4 is 11.1 Å². The summed E-state index contributed by atoms with van der Waals surface area (Å²) < 4.78 is 0. The molecule has 0 aliphatic heterocycles. The van der Waals surface area contributed by atoms with Crippen molar-refractivity contribution >= 4 is 29.1 Å². The molecule has 20 heavy (non-hydrogen) atoms.